The topological polar surface area (TPSA) is 46.9 Å². The van der Waals surface area contributed by atoms with Crippen molar-refractivity contribution >= 4 is 23.5 Å². The first-order valence-electron chi connectivity index (χ1n) is 7.94. The van der Waals surface area contributed by atoms with Crippen molar-refractivity contribution in [2.45, 2.75) is 18.4 Å². The number of aromatic nitrogens is 2. The van der Waals surface area contributed by atoms with E-state index in [0.717, 1.165) is 34.0 Å². The van der Waals surface area contributed by atoms with Gasteiger partial charge < -0.3 is 5.32 Å². The van der Waals surface area contributed by atoms with E-state index in [-0.39, 0.29) is 11.5 Å². The number of hydrogen-bond acceptors (Lipinski definition) is 3. The third-order valence-corrected chi connectivity index (χ3v) is 5.09. The Morgan fingerprint density at radius 2 is 2.04 bits per heavy atom. The largest absolute Gasteiger partial charge is 0.306 e. The molecule has 0 fully saturated rings. The van der Waals surface area contributed by atoms with Gasteiger partial charge in [-0.1, -0.05) is 18.2 Å². The number of benzene rings is 2. The molecule has 0 unspecified atom stereocenters. The van der Waals surface area contributed by atoms with Gasteiger partial charge in [-0.3, -0.25) is 4.79 Å². The number of thioether (sulfide) groups is 1. The van der Waals surface area contributed by atoms with Gasteiger partial charge in [0.15, 0.2) is 0 Å². The Morgan fingerprint density at radius 3 is 2.84 bits per heavy atom. The minimum atomic E-state index is -0.430. The standard InChI is InChI=1S/C19H16FN3OS/c1-12-4-2-7-15(8-12)23-18(16-10-25-11-17(16)22-23)21-19(24)13-5-3-6-14(20)9-13/h2-9H,10-11H2,1H3,(H,21,24). The lowest BCUT2D eigenvalue weighted by atomic mass is 10.2. The summed E-state index contributed by atoms with van der Waals surface area (Å²) in [4.78, 5) is 12.6. The number of rotatable bonds is 3. The van der Waals surface area contributed by atoms with Crippen LogP contribution < -0.4 is 5.32 Å². The number of halogens is 1. The van der Waals surface area contributed by atoms with E-state index in [2.05, 4.69) is 10.4 Å². The summed E-state index contributed by atoms with van der Waals surface area (Å²) in [5.74, 6) is 1.53. The first-order chi connectivity index (χ1) is 12.1. The molecule has 2 heterocycles. The van der Waals surface area contributed by atoms with Crippen molar-refractivity contribution < 1.29 is 9.18 Å². The summed E-state index contributed by atoms with van der Waals surface area (Å²) >= 11 is 1.77. The Labute approximate surface area is 149 Å². The molecule has 0 saturated carbocycles. The molecular formula is C19H16FN3OS. The first kappa shape index (κ1) is 15.9. The fourth-order valence-corrected chi connectivity index (χ4v) is 3.93. The van der Waals surface area contributed by atoms with Gasteiger partial charge in [0.05, 0.1) is 11.4 Å². The molecule has 0 aliphatic carbocycles. The van der Waals surface area contributed by atoms with Gasteiger partial charge in [0.25, 0.3) is 5.91 Å². The molecule has 1 aromatic heterocycles. The summed E-state index contributed by atoms with van der Waals surface area (Å²) in [7, 11) is 0. The van der Waals surface area contributed by atoms with Crippen LogP contribution in [0.25, 0.3) is 5.69 Å². The van der Waals surface area contributed by atoms with Crippen LogP contribution >= 0.6 is 11.8 Å². The number of hydrogen-bond donors (Lipinski definition) is 1. The van der Waals surface area contributed by atoms with Crippen molar-refractivity contribution in [2.24, 2.45) is 0 Å². The van der Waals surface area contributed by atoms with Gasteiger partial charge in [0, 0.05) is 22.6 Å². The molecule has 25 heavy (non-hydrogen) atoms. The molecule has 4 nitrogen and oxygen atoms in total. The maximum Gasteiger partial charge on any atom is 0.256 e. The predicted molar refractivity (Wildman–Crippen MR) is 97.7 cm³/mol. The van der Waals surface area contributed by atoms with Crippen LogP contribution in [0.3, 0.4) is 0 Å². The Morgan fingerprint density at radius 1 is 1.20 bits per heavy atom. The highest BCUT2D eigenvalue weighted by molar-refractivity contribution is 7.98. The molecule has 1 aliphatic rings. The summed E-state index contributed by atoms with van der Waals surface area (Å²) in [6.45, 7) is 2.02. The first-order valence-corrected chi connectivity index (χ1v) is 9.10. The van der Waals surface area contributed by atoms with Crippen LogP contribution in [-0.2, 0) is 11.5 Å². The Balaban J connectivity index is 1.75. The van der Waals surface area contributed by atoms with E-state index < -0.39 is 5.82 Å². The average molecular weight is 353 g/mol. The Kier molecular flexibility index (Phi) is 4.05. The molecule has 0 spiro atoms. The molecule has 0 atom stereocenters. The zero-order valence-electron chi connectivity index (χ0n) is 13.6. The zero-order valence-corrected chi connectivity index (χ0v) is 14.4. The van der Waals surface area contributed by atoms with Gasteiger partial charge in [0.1, 0.15) is 11.6 Å². The Hall–Kier alpha value is -2.60. The molecule has 1 amide bonds. The molecular weight excluding hydrogens is 337 g/mol. The molecule has 6 heteroatoms. The normalized spacial score (nSPS) is 12.9. The van der Waals surface area contributed by atoms with Gasteiger partial charge in [-0.05, 0) is 42.8 Å². The van der Waals surface area contributed by atoms with Crippen LogP contribution in [0, 0.1) is 12.7 Å². The molecule has 3 aromatic rings. The summed E-state index contributed by atoms with van der Waals surface area (Å²) in [6, 6.07) is 13.6. The molecule has 4 rings (SSSR count). The van der Waals surface area contributed by atoms with Crippen molar-refractivity contribution in [1.82, 2.24) is 9.78 Å². The smallest absolute Gasteiger partial charge is 0.256 e. The minimum Gasteiger partial charge on any atom is -0.306 e. The lowest BCUT2D eigenvalue weighted by molar-refractivity contribution is 0.102. The molecule has 126 valence electrons. The molecule has 2 aromatic carbocycles. The maximum atomic E-state index is 13.4. The lowest BCUT2D eigenvalue weighted by Crippen LogP contribution is -2.16. The van der Waals surface area contributed by atoms with E-state index in [0.29, 0.717) is 5.82 Å². The van der Waals surface area contributed by atoms with Crippen molar-refractivity contribution in [3.63, 3.8) is 0 Å². The molecule has 0 saturated heterocycles. The average Bonchev–Trinajstić information content (AvgIpc) is 3.17. The van der Waals surface area contributed by atoms with E-state index in [1.807, 2.05) is 31.2 Å². The molecule has 1 aliphatic heterocycles. The summed E-state index contributed by atoms with van der Waals surface area (Å²) in [6.07, 6.45) is 0. The minimum absolute atomic E-state index is 0.288. The van der Waals surface area contributed by atoms with Gasteiger partial charge in [-0.25, -0.2) is 9.07 Å². The van der Waals surface area contributed by atoms with Gasteiger partial charge in [-0.15, -0.1) is 0 Å². The highest BCUT2D eigenvalue weighted by Crippen LogP contribution is 2.36. The number of carbonyl (C=O) groups is 1. The van der Waals surface area contributed by atoms with Crippen LogP contribution in [-0.4, -0.2) is 15.7 Å². The summed E-state index contributed by atoms with van der Waals surface area (Å²) in [5.41, 5.74) is 4.33. The molecule has 0 radical (unpaired) electrons. The van der Waals surface area contributed by atoms with Crippen molar-refractivity contribution in [2.75, 3.05) is 5.32 Å². The number of amides is 1. The maximum absolute atomic E-state index is 13.4. The zero-order chi connectivity index (χ0) is 17.4. The second kappa shape index (κ2) is 6.37. The fraction of sp³-hybridized carbons (Fsp3) is 0.158. The van der Waals surface area contributed by atoms with E-state index in [1.54, 1.807) is 22.5 Å². The van der Waals surface area contributed by atoms with E-state index in [9.17, 15) is 9.18 Å². The fourth-order valence-electron chi connectivity index (χ4n) is 2.90. The van der Waals surface area contributed by atoms with Crippen LogP contribution in [0.4, 0.5) is 10.2 Å². The number of nitrogens with one attached hydrogen (secondary N) is 1. The monoisotopic (exact) mass is 353 g/mol. The van der Waals surface area contributed by atoms with Crippen LogP contribution in [0.1, 0.15) is 27.2 Å². The number of anilines is 1. The van der Waals surface area contributed by atoms with Crippen molar-refractivity contribution in [3.8, 4) is 5.69 Å². The Bertz CT molecular complexity index is 967. The lowest BCUT2D eigenvalue weighted by Gasteiger charge is -2.11. The number of nitrogens with zero attached hydrogens (tertiary/aromatic N) is 2. The summed E-state index contributed by atoms with van der Waals surface area (Å²) < 4.78 is 15.2. The van der Waals surface area contributed by atoms with Crippen molar-refractivity contribution in [3.05, 3.63) is 76.7 Å². The van der Waals surface area contributed by atoms with Crippen LogP contribution in [0.15, 0.2) is 48.5 Å². The molecule has 1 N–H and O–H groups in total. The van der Waals surface area contributed by atoms with Gasteiger partial charge in [-0.2, -0.15) is 16.9 Å². The molecule has 0 bridgehead atoms. The third-order valence-electron chi connectivity index (χ3n) is 4.12. The third kappa shape index (κ3) is 3.05. The van der Waals surface area contributed by atoms with Gasteiger partial charge in [0.2, 0.25) is 0 Å². The number of fused-ring (bicyclic) bond motifs is 1. The van der Waals surface area contributed by atoms with Crippen LogP contribution in [0.5, 0.6) is 0 Å². The highest BCUT2D eigenvalue weighted by Gasteiger charge is 2.25. The predicted octanol–water partition coefficient (Wildman–Crippen LogP) is 4.32. The SMILES string of the molecule is Cc1cccc(-n2nc3c(c2NC(=O)c2cccc(F)c2)CSC3)c1. The second-order valence-electron chi connectivity index (χ2n) is 5.98. The van der Waals surface area contributed by atoms with E-state index in [4.69, 9.17) is 0 Å². The van der Waals surface area contributed by atoms with E-state index in [1.165, 1.54) is 18.2 Å². The number of aryl methyl sites for hydroxylation is 1. The van der Waals surface area contributed by atoms with Gasteiger partial charge >= 0.3 is 0 Å². The van der Waals surface area contributed by atoms with Crippen LogP contribution in [0.2, 0.25) is 0 Å². The van der Waals surface area contributed by atoms with E-state index >= 15 is 0 Å². The quantitative estimate of drug-likeness (QED) is 0.763. The van der Waals surface area contributed by atoms with Crippen molar-refractivity contribution in [1.29, 1.82) is 0 Å². The second-order valence-corrected chi connectivity index (χ2v) is 6.97. The number of carbonyl (C=O) groups excluding carboxylic acids is 1. The highest BCUT2D eigenvalue weighted by atomic mass is 32.2. The summed E-state index contributed by atoms with van der Waals surface area (Å²) in [5, 5.41) is 7.61.